The Morgan fingerprint density at radius 2 is 1.86 bits per heavy atom. The van der Waals surface area contributed by atoms with Crippen LogP contribution in [-0.2, 0) is 6.54 Å². The summed E-state index contributed by atoms with van der Waals surface area (Å²) in [5.74, 6) is -4.61. The Morgan fingerprint density at radius 3 is 2.49 bits per heavy atom. The number of likely N-dealkylation sites (tertiary alicyclic amines) is 1. The van der Waals surface area contributed by atoms with Crippen molar-refractivity contribution in [2.75, 3.05) is 13.7 Å². The van der Waals surface area contributed by atoms with Gasteiger partial charge in [-0.2, -0.15) is 0 Å². The number of ether oxygens (including phenoxy) is 1. The average Bonchev–Trinajstić information content (AvgIpc) is 2.93. The fraction of sp³-hybridized carbons (Fsp3) is 0.414. The number of nitrogens with zero attached hydrogens (tertiary/aromatic N) is 2. The molecule has 37 heavy (non-hydrogen) atoms. The van der Waals surface area contributed by atoms with Gasteiger partial charge in [-0.3, -0.25) is 9.88 Å². The summed E-state index contributed by atoms with van der Waals surface area (Å²) in [4.78, 5) is 6.10. The maximum atomic E-state index is 14.8. The number of allylic oxidation sites excluding steroid dienone is 1. The van der Waals surface area contributed by atoms with Crippen LogP contribution in [0.15, 0.2) is 43.1 Å². The van der Waals surface area contributed by atoms with E-state index >= 15 is 0 Å². The van der Waals surface area contributed by atoms with Crippen LogP contribution in [0, 0.1) is 42.0 Å². The first-order valence-corrected chi connectivity index (χ1v) is 12.5. The van der Waals surface area contributed by atoms with Crippen LogP contribution >= 0.6 is 0 Å². The molecule has 0 aliphatic carbocycles. The average molecular weight is 517 g/mol. The lowest BCUT2D eigenvalue weighted by molar-refractivity contribution is -0.00471. The van der Waals surface area contributed by atoms with Gasteiger partial charge in [-0.25, -0.2) is 17.6 Å². The molecule has 2 aromatic carbocycles. The van der Waals surface area contributed by atoms with Crippen molar-refractivity contribution >= 4 is 10.9 Å². The summed E-state index contributed by atoms with van der Waals surface area (Å²) in [6, 6.07) is 6.49. The number of aliphatic hydroxyl groups is 1. The molecule has 0 saturated carbocycles. The number of fused-ring (bicyclic) bond motifs is 1. The van der Waals surface area contributed by atoms with Crippen LogP contribution in [0.25, 0.3) is 10.9 Å². The van der Waals surface area contributed by atoms with E-state index in [0.717, 1.165) is 13.3 Å². The molecule has 2 unspecified atom stereocenters. The molecule has 3 aromatic rings. The molecule has 2 heterocycles. The molecule has 1 aromatic heterocycles. The highest BCUT2D eigenvalue weighted by Crippen LogP contribution is 2.39. The molecule has 1 aliphatic rings. The highest BCUT2D eigenvalue weighted by atomic mass is 19.2. The molecule has 1 fully saturated rings. The van der Waals surface area contributed by atoms with Gasteiger partial charge in [0.1, 0.15) is 5.75 Å². The number of halogens is 4. The Balaban J connectivity index is 1.77. The maximum absolute atomic E-state index is 14.8. The summed E-state index contributed by atoms with van der Waals surface area (Å²) in [5.41, 5.74) is -0.113. The van der Waals surface area contributed by atoms with Gasteiger partial charge in [0.25, 0.3) is 0 Å². The van der Waals surface area contributed by atoms with Crippen molar-refractivity contribution in [2.24, 2.45) is 11.8 Å². The molecule has 8 heteroatoms. The van der Waals surface area contributed by atoms with E-state index in [1.165, 1.54) is 0 Å². The first-order valence-electron chi connectivity index (χ1n) is 12.5. The Kier molecular flexibility index (Phi) is 8.19. The fourth-order valence-electron chi connectivity index (χ4n) is 5.55. The Hall–Kier alpha value is -2.97. The lowest BCUT2D eigenvalue weighted by Crippen LogP contribution is -2.47. The van der Waals surface area contributed by atoms with Gasteiger partial charge >= 0.3 is 0 Å². The van der Waals surface area contributed by atoms with Gasteiger partial charge in [-0.15, -0.1) is 6.58 Å². The standard InChI is InChI=1S/C29H32F4N2O2/c1-5-17(6-2)18-10-12-35(15-22-27(32)25(30)16(3)26(31)28(22)33)24(13-18)29(36)20-9-11-34-23-8-7-19(37-4)14-21(20)23/h5,7-9,11,14,17-18,24,29,36H,1,6,10,12-13,15H2,2-4H3/t17?,18?,24-,29+/m0/s1. The van der Waals surface area contributed by atoms with E-state index in [9.17, 15) is 22.7 Å². The Bertz CT molecular complexity index is 1270. The molecule has 1 saturated heterocycles. The van der Waals surface area contributed by atoms with Gasteiger partial charge in [0.2, 0.25) is 0 Å². The van der Waals surface area contributed by atoms with Crippen LogP contribution in [0.4, 0.5) is 17.6 Å². The van der Waals surface area contributed by atoms with Crippen LogP contribution in [0.1, 0.15) is 49.0 Å². The minimum Gasteiger partial charge on any atom is -0.497 e. The van der Waals surface area contributed by atoms with Crippen LogP contribution in [0.3, 0.4) is 0 Å². The first kappa shape index (κ1) is 27.1. The van der Waals surface area contributed by atoms with Gasteiger partial charge in [0.15, 0.2) is 23.3 Å². The van der Waals surface area contributed by atoms with Crippen molar-refractivity contribution in [2.45, 2.75) is 51.8 Å². The number of aliphatic hydroxyl groups excluding tert-OH is 1. The SMILES string of the molecule is C=CC(CC)C1CCN(Cc2c(F)c(F)c(C)c(F)c2F)[C@H]([C@H](O)c2ccnc3ccc(OC)cc23)C1. The number of rotatable bonds is 8. The van der Waals surface area contributed by atoms with Crippen molar-refractivity contribution < 1.29 is 27.4 Å². The van der Waals surface area contributed by atoms with Crippen molar-refractivity contribution in [1.82, 2.24) is 9.88 Å². The maximum Gasteiger partial charge on any atom is 0.166 e. The minimum atomic E-state index is -1.40. The predicted molar refractivity (Wildman–Crippen MR) is 135 cm³/mol. The minimum absolute atomic E-state index is 0.183. The molecular formula is C29H32F4N2O2. The van der Waals surface area contributed by atoms with Crippen LogP contribution in [-0.4, -0.2) is 34.7 Å². The number of hydrogen-bond acceptors (Lipinski definition) is 4. The first-order chi connectivity index (χ1) is 17.7. The predicted octanol–water partition coefficient (Wildman–Crippen LogP) is 6.63. The molecule has 4 rings (SSSR count). The Morgan fingerprint density at radius 1 is 1.16 bits per heavy atom. The van der Waals surface area contributed by atoms with Crippen molar-refractivity contribution in [3.63, 3.8) is 0 Å². The molecule has 0 spiro atoms. The number of piperidine rings is 1. The second-order valence-corrected chi connectivity index (χ2v) is 9.72. The molecule has 4 nitrogen and oxygen atoms in total. The zero-order chi connectivity index (χ0) is 26.9. The van der Waals surface area contributed by atoms with E-state index in [2.05, 4.69) is 18.5 Å². The van der Waals surface area contributed by atoms with E-state index in [0.29, 0.717) is 41.6 Å². The normalized spacial score (nSPS) is 20.1. The van der Waals surface area contributed by atoms with E-state index in [1.807, 2.05) is 6.08 Å². The van der Waals surface area contributed by atoms with Crippen molar-refractivity contribution in [3.8, 4) is 5.75 Å². The summed E-state index contributed by atoms with van der Waals surface area (Å²) >= 11 is 0. The van der Waals surface area contributed by atoms with Gasteiger partial charge in [-0.05, 0) is 74.4 Å². The molecular weight excluding hydrogens is 484 g/mol. The molecule has 0 amide bonds. The van der Waals surface area contributed by atoms with Crippen LogP contribution in [0.2, 0.25) is 0 Å². The quantitative estimate of drug-likeness (QED) is 0.207. The largest absolute Gasteiger partial charge is 0.497 e. The Labute approximate surface area is 214 Å². The number of hydrogen-bond donors (Lipinski definition) is 1. The summed E-state index contributed by atoms with van der Waals surface area (Å²) in [6.45, 7) is 7.03. The summed E-state index contributed by atoms with van der Waals surface area (Å²) in [5, 5.41) is 12.4. The zero-order valence-corrected chi connectivity index (χ0v) is 21.3. The van der Waals surface area contributed by atoms with Gasteiger partial charge < -0.3 is 9.84 Å². The van der Waals surface area contributed by atoms with Crippen molar-refractivity contribution in [1.29, 1.82) is 0 Å². The molecule has 0 bridgehead atoms. The second kappa shape index (κ2) is 11.2. The number of aromatic nitrogens is 1. The third-order valence-electron chi connectivity index (χ3n) is 7.78. The van der Waals surface area contributed by atoms with Gasteiger partial charge in [-0.1, -0.05) is 13.0 Å². The van der Waals surface area contributed by atoms with Crippen molar-refractivity contribution in [3.05, 3.63) is 83.1 Å². The summed E-state index contributed by atoms with van der Waals surface area (Å²) in [7, 11) is 1.55. The summed E-state index contributed by atoms with van der Waals surface area (Å²) in [6.07, 6.45) is 4.51. The smallest absolute Gasteiger partial charge is 0.166 e. The van der Waals surface area contributed by atoms with Gasteiger partial charge in [0.05, 0.1) is 18.7 Å². The summed E-state index contributed by atoms with van der Waals surface area (Å²) < 4.78 is 63.6. The van der Waals surface area contributed by atoms with Gasteiger partial charge in [0, 0.05) is 35.3 Å². The topological polar surface area (TPSA) is 45.6 Å². The number of pyridine rings is 1. The molecule has 0 radical (unpaired) electrons. The fourth-order valence-corrected chi connectivity index (χ4v) is 5.55. The molecule has 1 N–H and O–H groups in total. The number of benzene rings is 2. The van der Waals surface area contributed by atoms with E-state index in [-0.39, 0.29) is 18.4 Å². The highest BCUT2D eigenvalue weighted by molar-refractivity contribution is 5.84. The zero-order valence-electron chi connectivity index (χ0n) is 21.3. The number of methoxy groups -OCH3 is 1. The third-order valence-corrected chi connectivity index (χ3v) is 7.78. The molecule has 4 atom stereocenters. The lowest BCUT2D eigenvalue weighted by atomic mass is 9.77. The lowest BCUT2D eigenvalue weighted by Gasteiger charge is -2.44. The monoisotopic (exact) mass is 516 g/mol. The van der Waals surface area contributed by atoms with Crippen LogP contribution < -0.4 is 4.74 Å². The van der Waals surface area contributed by atoms with Crippen LogP contribution in [0.5, 0.6) is 5.75 Å². The van der Waals surface area contributed by atoms with E-state index in [1.54, 1.807) is 42.5 Å². The highest BCUT2D eigenvalue weighted by Gasteiger charge is 2.38. The van der Waals surface area contributed by atoms with E-state index < -0.39 is 46.5 Å². The molecule has 198 valence electrons. The third kappa shape index (κ3) is 5.09. The van der Waals surface area contributed by atoms with E-state index in [4.69, 9.17) is 4.74 Å². The molecule has 1 aliphatic heterocycles. The second-order valence-electron chi connectivity index (χ2n) is 9.72.